The van der Waals surface area contributed by atoms with Crippen LogP contribution in [0, 0.1) is 18.3 Å². The maximum absolute atomic E-state index is 12.9. The molecule has 0 saturated heterocycles. The molecule has 3 rings (SSSR count). The fourth-order valence-electron chi connectivity index (χ4n) is 2.95. The number of aryl methyl sites for hydroxylation is 2. The van der Waals surface area contributed by atoms with Crippen molar-refractivity contribution >= 4 is 44.4 Å². The van der Waals surface area contributed by atoms with Gasteiger partial charge in [-0.2, -0.15) is 5.26 Å². The Balaban J connectivity index is 1.81. The van der Waals surface area contributed by atoms with Crippen LogP contribution in [0.5, 0.6) is 0 Å². The van der Waals surface area contributed by atoms with Crippen LogP contribution in [0.4, 0.5) is 5.69 Å². The molecule has 10 heteroatoms. The predicted molar refractivity (Wildman–Crippen MR) is 117 cm³/mol. The molecule has 3 aromatic rings. The van der Waals surface area contributed by atoms with Crippen molar-refractivity contribution in [2.75, 3.05) is 17.2 Å². The van der Waals surface area contributed by atoms with Gasteiger partial charge in [-0.3, -0.25) is 4.79 Å². The summed E-state index contributed by atoms with van der Waals surface area (Å²) in [6.07, 6.45) is 0.229. The zero-order valence-corrected chi connectivity index (χ0v) is 18.2. The van der Waals surface area contributed by atoms with Crippen LogP contribution in [-0.4, -0.2) is 36.2 Å². The molecule has 0 unspecified atom stereocenters. The zero-order chi connectivity index (χ0) is 21.9. The van der Waals surface area contributed by atoms with E-state index in [0.29, 0.717) is 17.2 Å². The van der Waals surface area contributed by atoms with E-state index in [1.54, 1.807) is 22.6 Å². The molecule has 0 atom stereocenters. The number of thioether (sulfide) groups is 1. The number of sulfonamides is 1. The number of imidazole rings is 1. The lowest BCUT2D eigenvalue weighted by Crippen LogP contribution is -2.33. The highest BCUT2D eigenvalue weighted by Gasteiger charge is 2.18. The van der Waals surface area contributed by atoms with E-state index in [-0.39, 0.29) is 23.0 Å². The Kier molecular flexibility index (Phi) is 6.45. The summed E-state index contributed by atoms with van der Waals surface area (Å²) < 4.78 is 24.9. The van der Waals surface area contributed by atoms with Gasteiger partial charge >= 0.3 is 0 Å². The van der Waals surface area contributed by atoms with Gasteiger partial charge in [0.05, 0.1) is 34.2 Å². The Bertz CT molecular complexity index is 1230. The molecule has 0 fully saturated rings. The van der Waals surface area contributed by atoms with Gasteiger partial charge in [-0.15, -0.1) is 0 Å². The van der Waals surface area contributed by atoms with Crippen molar-refractivity contribution in [1.29, 1.82) is 5.26 Å². The molecular weight excluding hydrogens is 422 g/mol. The molecule has 0 spiro atoms. The van der Waals surface area contributed by atoms with Crippen LogP contribution in [0.2, 0.25) is 0 Å². The summed E-state index contributed by atoms with van der Waals surface area (Å²) >= 11 is 1.25. The lowest BCUT2D eigenvalue weighted by atomic mass is 10.2. The SMILES string of the molecule is Cc1ccc(N(CCC#N)C(=O)CSc2nc3cc(S(N)(=O)=O)ccc3n2C)cc1. The normalized spacial score (nSPS) is 11.4. The number of anilines is 1. The molecule has 0 aliphatic carbocycles. The minimum Gasteiger partial charge on any atom is -0.322 e. The molecule has 8 nitrogen and oxygen atoms in total. The fraction of sp³-hybridized carbons (Fsp3) is 0.250. The third-order valence-electron chi connectivity index (χ3n) is 4.56. The summed E-state index contributed by atoms with van der Waals surface area (Å²) in [5, 5.41) is 14.7. The van der Waals surface area contributed by atoms with E-state index in [1.165, 1.54) is 23.9 Å². The van der Waals surface area contributed by atoms with Gasteiger partial charge in [0.2, 0.25) is 15.9 Å². The van der Waals surface area contributed by atoms with Gasteiger partial charge in [-0.1, -0.05) is 29.5 Å². The van der Waals surface area contributed by atoms with Crippen molar-refractivity contribution in [3.63, 3.8) is 0 Å². The molecule has 156 valence electrons. The molecule has 0 aliphatic heterocycles. The minimum atomic E-state index is -3.82. The van der Waals surface area contributed by atoms with E-state index in [9.17, 15) is 13.2 Å². The lowest BCUT2D eigenvalue weighted by Gasteiger charge is -2.21. The van der Waals surface area contributed by atoms with Crippen molar-refractivity contribution in [3.8, 4) is 6.07 Å². The highest BCUT2D eigenvalue weighted by Crippen LogP contribution is 2.26. The molecule has 1 aromatic heterocycles. The molecule has 0 aliphatic rings. The van der Waals surface area contributed by atoms with Crippen LogP contribution < -0.4 is 10.0 Å². The number of nitrogens with zero attached hydrogens (tertiary/aromatic N) is 4. The molecule has 30 heavy (non-hydrogen) atoms. The number of rotatable bonds is 7. The largest absolute Gasteiger partial charge is 0.322 e. The second kappa shape index (κ2) is 8.87. The number of benzene rings is 2. The van der Waals surface area contributed by atoms with Crippen molar-refractivity contribution < 1.29 is 13.2 Å². The van der Waals surface area contributed by atoms with E-state index < -0.39 is 10.0 Å². The minimum absolute atomic E-state index is 0.0113. The van der Waals surface area contributed by atoms with Gasteiger partial charge in [0, 0.05) is 19.3 Å². The van der Waals surface area contributed by atoms with Crippen LogP contribution >= 0.6 is 11.8 Å². The van der Waals surface area contributed by atoms with Crippen molar-refractivity contribution in [1.82, 2.24) is 9.55 Å². The second-order valence-electron chi connectivity index (χ2n) is 6.73. The van der Waals surface area contributed by atoms with Crippen LogP contribution in [0.1, 0.15) is 12.0 Å². The molecule has 0 radical (unpaired) electrons. The molecule has 2 aromatic carbocycles. The highest BCUT2D eigenvalue weighted by molar-refractivity contribution is 7.99. The molecule has 1 amide bonds. The van der Waals surface area contributed by atoms with Crippen LogP contribution in [0.15, 0.2) is 52.5 Å². The summed E-state index contributed by atoms with van der Waals surface area (Å²) in [7, 11) is -2.02. The fourth-order valence-corrected chi connectivity index (χ4v) is 4.35. The first-order valence-corrected chi connectivity index (χ1v) is 11.6. The predicted octanol–water partition coefficient (Wildman–Crippen LogP) is 2.57. The number of carbonyl (C=O) groups is 1. The van der Waals surface area contributed by atoms with Crippen LogP contribution in [-0.2, 0) is 21.9 Å². The molecule has 2 N–H and O–H groups in total. The van der Waals surface area contributed by atoms with Gasteiger partial charge in [-0.05, 0) is 37.3 Å². The van der Waals surface area contributed by atoms with Crippen LogP contribution in [0.25, 0.3) is 11.0 Å². The molecule has 0 bridgehead atoms. The van der Waals surface area contributed by atoms with Gasteiger partial charge in [0.25, 0.3) is 0 Å². The average molecular weight is 444 g/mol. The van der Waals surface area contributed by atoms with Gasteiger partial charge in [0.15, 0.2) is 5.16 Å². The van der Waals surface area contributed by atoms with E-state index in [4.69, 9.17) is 10.4 Å². The number of amides is 1. The number of nitrogens with two attached hydrogens (primary N) is 1. The number of nitriles is 1. The quantitative estimate of drug-likeness (QED) is 0.560. The molecular formula is C20H21N5O3S2. The molecule has 1 heterocycles. The van der Waals surface area contributed by atoms with E-state index >= 15 is 0 Å². The Hall–Kier alpha value is -2.87. The van der Waals surface area contributed by atoms with Gasteiger partial charge in [-0.25, -0.2) is 18.5 Å². The smallest absolute Gasteiger partial charge is 0.238 e. The number of primary sulfonamides is 1. The number of fused-ring (bicyclic) bond motifs is 1. The summed E-state index contributed by atoms with van der Waals surface area (Å²) in [5.74, 6) is -0.0187. The van der Waals surface area contributed by atoms with Gasteiger partial charge < -0.3 is 9.47 Å². The zero-order valence-electron chi connectivity index (χ0n) is 16.6. The Morgan fingerprint density at radius 3 is 2.60 bits per heavy atom. The first-order valence-electron chi connectivity index (χ1n) is 9.07. The monoisotopic (exact) mass is 443 g/mol. The summed E-state index contributed by atoms with van der Waals surface area (Å²) in [5.41, 5.74) is 3.04. The maximum atomic E-state index is 12.9. The van der Waals surface area contributed by atoms with Gasteiger partial charge in [0.1, 0.15) is 0 Å². The topological polar surface area (TPSA) is 122 Å². The Morgan fingerprint density at radius 1 is 1.27 bits per heavy atom. The van der Waals surface area contributed by atoms with Crippen LogP contribution in [0.3, 0.4) is 0 Å². The number of hydrogen-bond donors (Lipinski definition) is 1. The average Bonchev–Trinajstić information content (AvgIpc) is 3.02. The maximum Gasteiger partial charge on any atom is 0.238 e. The lowest BCUT2D eigenvalue weighted by molar-refractivity contribution is -0.116. The van der Waals surface area contributed by atoms with E-state index in [2.05, 4.69) is 11.1 Å². The molecule has 0 saturated carbocycles. The third kappa shape index (κ3) is 4.81. The van der Waals surface area contributed by atoms with Crippen molar-refractivity contribution in [2.45, 2.75) is 23.4 Å². The first-order chi connectivity index (χ1) is 14.2. The van der Waals surface area contributed by atoms with Crippen molar-refractivity contribution in [3.05, 3.63) is 48.0 Å². The van der Waals surface area contributed by atoms with E-state index in [0.717, 1.165) is 16.8 Å². The summed E-state index contributed by atoms with van der Waals surface area (Å²) in [6, 6.07) is 14.1. The number of aromatic nitrogens is 2. The highest BCUT2D eigenvalue weighted by atomic mass is 32.2. The third-order valence-corrected chi connectivity index (χ3v) is 6.48. The summed E-state index contributed by atoms with van der Waals surface area (Å²) in [6.45, 7) is 2.27. The summed E-state index contributed by atoms with van der Waals surface area (Å²) in [4.78, 5) is 18.9. The standard InChI is InChI=1S/C20H21N5O3S2/c1-14-4-6-15(7-5-14)25(11-3-10-21)19(26)13-29-20-23-17-12-16(30(22,27)28)8-9-18(17)24(20)2/h4-9,12H,3,11,13H2,1-2H3,(H2,22,27,28). The van der Waals surface area contributed by atoms with Crippen molar-refractivity contribution in [2.24, 2.45) is 12.2 Å². The second-order valence-corrected chi connectivity index (χ2v) is 9.23. The first kappa shape index (κ1) is 21.8. The Morgan fingerprint density at radius 2 is 1.97 bits per heavy atom. The number of carbonyl (C=O) groups excluding carboxylic acids is 1. The van der Waals surface area contributed by atoms with E-state index in [1.807, 2.05) is 31.2 Å². The Labute approximate surface area is 179 Å². The number of hydrogen-bond acceptors (Lipinski definition) is 6.